The van der Waals surface area contributed by atoms with Crippen molar-refractivity contribution in [1.29, 1.82) is 0 Å². The molecule has 0 saturated heterocycles. The summed E-state index contributed by atoms with van der Waals surface area (Å²) in [4.78, 5) is 11.2. The van der Waals surface area contributed by atoms with Crippen molar-refractivity contribution < 1.29 is 0 Å². The van der Waals surface area contributed by atoms with E-state index in [0.717, 1.165) is 11.5 Å². The van der Waals surface area contributed by atoms with Crippen molar-refractivity contribution in [3.8, 4) is 0 Å². The van der Waals surface area contributed by atoms with Gasteiger partial charge in [0.05, 0.1) is 0 Å². The Labute approximate surface area is 97.2 Å². The molecule has 2 aliphatic carbocycles. The van der Waals surface area contributed by atoms with Crippen LogP contribution in [-0.2, 0) is 0 Å². The lowest BCUT2D eigenvalue weighted by Crippen LogP contribution is -2.35. The van der Waals surface area contributed by atoms with Crippen LogP contribution in [0.1, 0.15) is 57.4 Å². The molecule has 1 fully saturated rings. The number of rotatable bonds is 1. The Morgan fingerprint density at radius 2 is 2.12 bits per heavy atom. The van der Waals surface area contributed by atoms with E-state index in [1.807, 2.05) is 6.07 Å². The molecular weight excluding hydrogens is 196 g/mol. The lowest BCUT2D eigenvalue weighted by atomic mass is 9.58. The summed E-state index contributed by atoms with van der Waals surface area (Å²) in [6, 6.07) is 1.84. The summed E-state index contributed by atoms with van der Waals surface area (Å²) in [5, 5.41) is 0. The van der Waals surface area contributed by atoms with Gasteiger partial charge in [-0.15, -0.1) is 0 Å². The number of allylic oxidation sites excluding steroid dienone is 2. The molecule has 0 spiro atoms. The predicted molar refractivity (Wildman–Crippen MR) is 66.3 cm³/mol. The van der Waals surface area contributed by atoms with Crippen LogP contribution in [0, 0.1) is 11.3 Å². The lowest BCUT2D eigenvalue weighted by molar-refractivity contribution is 0.164. The Morgan fingerprint density at radius 3 is 2.81 bits per heavy atom. The van der Waals surface area contributed by atoms with Crippen LogP contribution < -0.4 is 5.43 Å². The highest BCUT2D eigenvalue weighted by Crippen LogP contribution is 2.54. The average Bonchev–Trinajstić information content (AvgIpc) is 2.97. The van der Waals surface area contributed by atoms with Gasteiger partial charge < -0.3 is 0 Å². The van der Waals surface area contributed by atoms with Crippen molar-refractivity contribution in [2.75, 3.05) is 0 Å². The van der Waals surface area contributed by atoms with Gasteiger partial charge in [0.15, 0.2) is 5.43 Å². The van der Waals surface area contributed by atoms with Gasteiger partial charge >= 0.3 is 0 Å². The molecule has 0 heterocycles. The molecule has 0 aromatic heterocycles. The van der Waals surface area contributed by atoms with E-state index in [1.165, 1.54) is 32.1 Å². The van der Waals surface area contributed by atoms with E-state index in [2.05, 4.69) is 19.9 Å². The highest BCUT2D eigenvalue weighted by atomic mass is 16.1. The topological polar surface area (TPSA) is 17.1 Å². The fraction of sp³-hybridized carbons (Fsp3) is 0.667. The maximum Gasteiger partial charge on any atom is 0.182 e. The molecule has 0 N–H and O–H groups in total. The summed E-state index contributed by atoms with van der Waals surface area (Å²) in [7, 11) is 0. The van der Waals surface area contributed by atoms with Gasteiger partial charge in [0.25, 0.3) is 0 Å². The van der Waals surface area contributed by atoms with E-state index < -0.39 is 0 Å². The van der Waals surface area contributed by atoms with Crippen LogP contribution in [0.3, 0.4) is 0 Å². The minimum absolute atomic E-state index is 0.324. The molecule has 0 aliphatic heterocycles. The number of hydrogen-bond donors (Lipinski definition) is 0. The molecule has 86 valence electrons. The van der Waals surface area contributed by atoms with Crippen molar-refractivity contribution in [2.24, 2.45) is 11.3 Å². The van der Waals surface area contributed by atoms with Crippen molar-refractivity contribution in [3.63, 3.8) is 0 Å². The number of hydrogen-bond acceptors (Lipinski definition) is 1. The zero-order chi connectivity index (χ0) is 11.3. The fourth-order valence-corrected chi connectivity index (χ4v) is 3.73. The van der Waals surface area contributed by atoms with E-state index in [1.54, 1.807) is 5.57 Å². The van der Waals surface area contributed by atoms with Gasteiger partial charge in [-0.2, -0.15) is 0 Å². The van der Waals surface area contributed by atoms with E-state index in [9.17, 15) is 4.79 Å². The molecule has 0 radical (unpaired) electrons. The van der Waals surface area contributed by atoms with E-state index >= 15 is 0 Å². The third-order valence-corrected chi connectivity index (χ3v) is 5.17. The Bertz CT molecular complexity index is 447. The number of fused-ring (bicyclic) bond motifs is 1. The van der Waals surface area contributed by atoms with Crippen LogP contribution in [0.15, 0.2) is 22.5 Å². The fourth-order valence-electron chi connectivity index (χ4n) is 3.73. The Morgan fingerprint density at radius 1 is 1.38 bits per heavy atom. The van der Waals surface area contributed by atoms with E-state index in [0.29, 0.717) is 16.8 Å². The van der Waals surface area contributed by atoms with Crippen LogP contribution in [0.25, 0.3) is 0 Å². The van der Waals surface area contributed by atoms with Crippen molar-refractivity contribution >= 4 is 0 Å². The summed E-state index contributed by atoms with van der Waals surface area (Å²) in [6.07, 6.45) is 8.68. The highest BCUT2D eigenvalue weighted by molar-refractivity contribution is 5.32. The molecule has 0 amide bonds. The first-order valence-electron chi connectivity index (χ1n) is 6.56. The first-order valence-corrected chi connectivity index (χ1v) is 6.56. The maximum absolute atomic E-state index is 11.2. The minimum Gasteiger partial charge on any atom is -0.290 e. The summed E-state index contributed by atoms with van der Waals surface area (Å²) in [6.45, 7) is 4.81. The second-order valence-corrected chi connectivity index (χ2v) is 6.03. The van der Waals surface area contributed by atoms with Gasteiger partial charge in [-0.05, 0) is 55.4 Å². The summed E-state index contributed by atoms with van der Waals surface area (Å²) in [5.41, 5.74) is 3.52. The Balaban J connectivity index is 1.88. The highest BCUT2D eigenvalue weighted by Gasteiger charge is 2.43. The smallest absolute Gasteiger partial charge is 0.182 e. The van der Waals surface area contributed by atoms with Crippen LogP contribution in [-0.4, -0.2) is 0 Å². The molecule has 16 heavy (non-hydrogen) atoms. The summed E-state index contributed by atoms with van der Waals surface area (Å²) >= 11 is 0. The second kappa shape index (κ2) is 3.32. The van der Waals surface area contributed by atoms with Crippen LogP contribution >= 0.6 is 0 Å². The van der Waals surface area contributed by atoms with E-state index in [4.69, 9.17) is 0 Å². The monoisotopic (exact) mass is 216 g/mol. The van der Waals surface area contributed by atoms with Crippen molar-refractivity contribution in [1.82, 2.24) is 0 Å². The van der Waals surface area contributed by atoms with Crippen LogP contribution in [0.5, 0.6) is 0 Å². The molecule has 1 heteroatoms. The molecule has 3 rings (SSSR count). The normalized spacial score (nSPS) is 39.5. The molecule has 1 aromatic carbocycles. The van der Waals surface area contributed by atoms with Crippen LogP contribution in [0.4, 0.5) is 0 Å². The minimum atomic E-state index is 0.324. The van der Waals surface area contributed by atoms with Crippen LogP contribution in [0.2, 0.25) is 0 Å². The third-order valence-electron chi connectivity index (χ3n) is 5.17. The molecule has 1 saturated carbocycles. The van der Waals surface area contributed by atoms with Gasteiger partial charge in [-0.3, -0.25) is 4.79 Å². The molecule has 3 atom stereocenters. The quantitative estimate of drug-likeness (QED) is 0.656. The first-order chi connectivity index (χ1) is 7.61. The van der Waals surface area contributed by atoms with Gasteiger partial charge in [-0.1, -0.05) is 25.5 Å². The zero-order valence-corrected chi connectivity index (χ0v) is 10.3. The zero-order valence-electron chi connectivity index (χ0n) is 10.3. The third kappa shape index (κ3) is 1.41. The largest absolute Gasteiger partial charge is 0.290 e. The molecular formula is C15H20O. The molecule has 1 nitrogen and oxygen atoms in total. The average molecular weight is 216 g/mol. The first kappa shape index (κ1) is 10.3. The molecule has 0 bridgehead atoms. The Kier molecular flexibility index (Phi) is 2.14. The molecule has 3 unspecified atom stereocenters. The van der Waals surface area contributed by atoms with Crippen molar-refractivity contribution in [3.05, 3.63) is 33.5 Å². The Hall–Kier alpha value is -0.850. The second-order valence-electron chi connectivity index (χ2n) is 6.03. The van der Waals surface area contributed by atoms with E-state index in [-0.39, 0.29) is 0 Å². The van der Waals surface area contributed by atoms with Gasteiger partial charge in [-0.25, -0.2) is 0 Å². The summed E-state index contributed by atoms with van der Waals surface area (Å²) < 4.78 is 0. The summed E-state index contributed by atoms with van der Waals surface area (Å²) in [5.74, 6) is 1.35. The van der Waals surface area contributed by atoms with Gasteiger partial charge in [0.2, 0.25) is 0 Å². The standard InChI is InChI=1S/C15H20O/c1-10-4-3-5-12-7-6-11(9-15(10,12)2)13-8-14(13)16/h5,8,10-11H,3-4,6-7,9H2,1-2H3. The lowest BCUT2D eigenvalue weighted by Gasteiger charge is -2.46. The SMILES string of the molecule is CC1CCC=C2CCC(c3cc3=O)CC21C. The van der Waals surface area contributed by atoms with Gasteiger partial charge in [0.1, 0.15) is 0 Å². The molecule has 1 aromatic rings. The molecule has 2 aliphatic rings. The van der Waals surface area contributed by atoms with Crippen molar-refractivity contribution in [2.45, 2.75) is 51.9 Å². The van der Waals surface area contributed by atoms with Gasteiger partial charge in [0, 0.05) is 5.56 Å². The predicted octanol–water partition coefficient (Wildman–Crippen LogP) is 3.55. The maximum atomic E-state index is 11.2.